The number of anilines is 1. The maximum Gasteiger partial charge on any atom is 0.405 e. The molecule has 2 atom stereocenters. The number of nitrogens with zero attached hydrogens (tertiary/aromatic N) is 1. The minimum atomic E-state index is -0.993. The smallest absolute Gasteiger partial charge is 0.405 e. The Labute approximate surface area is 124 Å². The van der Waals surface area contributed by atoms with Gasteiger partial charge in [-0.15, -0.1) is 0 Å². The van der Waals surface area contributed by atoms with Crippen molar-refractivity contribution in [3.05, 3.63) is 23.8 Å². The van der Waals surface area contributed by atoms with Gasteiger partial charge in [-0.2, -0.15) is 0 Å². The maximum absolute atomic E-state index is 11.1. The molecule has 0 aromatic heterocycles. The van der Waals surface area contributed by atoms with Gasteiger partial charge in [0.2, 0.25) is 0 Å². The van der Waals surface area contributed by atoms with E-state index in [1.165, 1.54) is 0 Å². The normalized spacial score (nSPS) is 22.9. The molecule has 1 aromatic rings. The summed E-state index contributed by atoms with van der Waals surface area (Å²) in [6.07, 6.45) is -2.74. The van der Waals surface area contributed by atoms with E-state index >= 15 is 0 Å². The SMILES string of the molecule is CCN(C)c1ccc2c(c1)OC(C)(C)C(O)[C@H]2OC(N)=O. The van der Waals surface area contributed by atoms with Gasteiger partial charge in [-0.3, -0.25) is 0 Å². The second-order valence-electron chi connectivity index (χ2n) is 5.74. The number of rotatable bonds is 3. The van der Waals surface area contributed by atoms with Gasteiger partial charge < -0.3 is 25.2 Å². The molecule has 1 aliphatic heterocycles. The van der Waals surface area contributed by atoms with Gasteiger partial charge in [0.15, 0.2) is 6.10 Å². The Morgan fingerprint density at radius 2 is 2.19 bits per heavy atom. The number of ether oxygens (including phenoxy) is 2. The lowest BCUT2D eigenvalue weighted by Crippen LogP contribution is -2.50. The third kappa shape index (κ3) is 2.90. The summed E-state index contributed by atoms with van der Waals surface area (Å²) in [5.41, 5.74) is 5.84. The first-order valence-electron chi connectivity index (χ1n) is 6.94. The van der Waals surface area contributed by atoms with Gasteiger partial charge >= 0.3 is 6.09 Å². The van der Waals surface area contributed by atoms with E-state index in [1.807, 2.05) is 26.1 Å². The van der Waals surface area contributed by atoms with Gasteiger partial charge in [-0.1, -0.05) is 0 Å². The summed E-state index contributed by atoms with van der Waals surface area (Å²) in [4.78, 5) is 13.2. The van der Waals surface area contributed by atoms with Crippen molar-refractivity contribution in [2.24, 2.45) is 5.73 Å². The first-order valence-corrected chi connectivity index (χ1v) is 6.94. The lowest BCUT2D eigenvalue weighted by Gasteiger charge is -2.41. The van der Waals surface area contributed by atoms with Gasteiger partial charge in [-0.05, 0) is 32.9 Å². The number of aliphatic hydroxyl groups excluding tert-OH is 1. The van der Waals surface area contributed by atoms with Gasteiger partial charge in [0.1, 0.15) is 17.5 Å². The van der Waals surface area contributed by atoms with E-state index in [4.69, 9.17) is 15.2 Å². The third-order valence-electron chi connectivity index (χ3n) is 3.83. The molecule has 21 heavy (non-hydrogen) atoms. The molecule has 3 N–H and O–H groups in total. The number of fused-ring (bicyclic) bond motifs is 1. The summed E-state index contributed by atoms with van der Waals surface area (Å²) in [6.45, 7) is 6.39. The second kappa shape index (κ2) is 5.44. The first-order chi connectivity index (χ1) is 9.76. The Morgan fingerprint density at radius 1 is 1.52 bits per heavy atom. The highest BCUT2D eigenvalue weighted by Crippen LogP contribution is 2.43. The van der Waals surface area contributed by atoms with E-state index in [2.05, 4.69) is 4.90 Å². The molecule has 0 spiro atoms. The topological polar surface area (TPSA) is 85.0 Å². The van der Waals surface area contributed by atoms with Crippen LogP contribution < -0.4 is 15.4 Å². The van der Waals surface area contributed by atoms with E-state index in [1.54, 1.807) is 19.9 Å². The minimum Gasteiger partial charge on any atom is -0.484 e. The summed E-state index contributed by atoms with van der Waals surface area (Å²) in [5, 5.41) is 10.3. The summed E-state index contributed by atoms with van der Waals surface area (Å²) < 4.78 is 11.0. The van der Waals surface area contributed by atoms with E-state index in [0.29, 0.717) is 11.3 Å². The minimum absolute atomic E-state index is 0.592. The molecule has 1 amide bonds. The predicted molar refractivity (Wildman–Crippen MR) is 79.5 cm³/mol. The number of nitrogens with two attached hydrogens (primary N) is 1. The Kier molecular flexibility index (Phi) is 4.00. The van der Waals surface area contributed by atoms with Crippen molar-refractivity contribution in [3.8, 4) is 5.75 Å². The number of benzene rings is 1. The molecule has 6 heteroatoms. The molecule has 1 heterocycles. The maximum atomic E-state index is 11.1. The van der Waals surface area contributed by atoms with Gasteiger partial charge in [-0.25, -0.2) is 4.79 Å². The van der Waals surface area contributed by atoms with E-state index in [9.17, 15) is 9.90 Å². The van der Waals surface area contributed by atoms with Crippen molar-refractivity contribution in [3.63, 3.8) is 0 Å². The van der Waals surface area contributed by atoms with Crippen molar-refractivity contribution >= 4 is 11.8 Å². The highest BCUT2D eigenvalue weighted by molar-refractivity contribution is 5.66. The highest BCUT2D eigenvalue weighted by atomic mass is 16.6. The number of carbonyl (C=O) groups is 1. The fourth-order valence-corrected chi connectivity index (χ4v) is 2.40. The zero-order valence-electron chi connectivity index (χ0n) is 12.8. The third-order valence-corrected chi connectivity index (χ3v) is 3.83. The van der Waals surface area contributed by atoms with Crippen molar-refractivity contribution < 1.29 is 19.4 Å². The van der Waals surface area contributed by atoms with Crippen LogP contribution in [0.4, 0.5) is 10.5 Å². The van der Waals surface area contributed by atoms with Crippen LogP contribution in [0.1, 0.15) is 32.4 Å². The molecule has 1 aromatic carbocycles. The highest BCUT2D eigenvalue weighted by Gasteiger charge is 2.45. The molecule has 116 valence electrons. The van der Waals surface area contributed by atoms with Crippen LogP contribution in [-0.2, 0) is 4.74 Å². The molecule has 0 radical (unpaired) electrons. The summed E-state index contributed by atoms with van der Waals surface area (Å²) in [7, 11) is 1.97. The molecule has 0 saturated heterocycles. The van der Waals surface area contributed by atoms with Crippen molar-refractivity contribution in [1.82, 2.24) is 0 Å². The second-order valence-corrected chi connectivity index (χ2v) is 5.74. The van der Waals surface area contributed by atoms with E-state index in [0.717, 1.165) is 12.2 Å². The Morgan fingerprint density at radius 3 is 2.76 bits per heavy atom. The van der Waals surface area contributed by atoms with Crippen LogP contribution in [-0.4, -0.2) is 36.5 Å². The molecule has 1 unspecified atom stereocenters. The van der Waals surface area contributed by atoms with Crippen LogP contribution >= 0.6 is 0 Å². The lowest BCUT2D eigenvalue weighted by molar-refractivity contribution is -0.112. The molecule has 0 aliphatic carbocycles. The van der Waals surface area contributed by atoms with Crippen molar-refractivity contribution in [2.75, 3.05) is 18.5 Å². The number of amides is 1. The van der Waals surface area contributed by atoms with Gasteiger partial charge in [0, 0.05) is 30.9 Å². The number of hydrogen-bond donors (Lipinski definition) is 2. The fourth-order valence-electron chi connectivity index (χ4n) is 2.40. The summed E-state index contributed by atoms with van der Waals surface area (Å²) >= 11 is 0. The number of aliphatic hydroxyl groups is 1. The zero-order chi connectivity index (χ0) is 15.8. The Bertz CT molecular complexity index is 544. The van der Waals surface area contributed by atoms with Crippen LogP contribution in [0.25, 0.3) is 0 Å². The molecular formula is C15H22N2O4. The molecule has 2 rings (SSSR count). The lowest BCUT2D eigenvalue weighted by atomic mass is 9.88. The molecular weight excluding hydrogens is 272 g/mol. The standard InChI is InChI=1S/C15H22N2O4/c1-5-17(4)9-6-7-10-11(8-9)21-15(2,3)13(18)12(10)20-14(16)19/h6-8,12-13,18H,5H2,1-4H3,(H2,16,19)/t12-,13?/m0/s1. The summed E-state index contributed by atoms with van der Waals surface area (Å²) in [5.74, 6) is 0.592. The van der Waals surface area contributed by atoms with Crippen LogP contribution in [0.2, 0.25) is 0 Å². The number of carbonyl (C=O) groups excluding carboxylic acids is 1. The van der Waals surface area contributed by atoms with Crippen LogP contribution in [0.5, 0.6) is 5.75 Å². The fraction of sp³-hybridized carbons (Fsp3) is 0.533. The number of primary amides is 1. The Hall–Kier alpha value is -1.95. The monoisotopic (exact) mass is 294 g/mol. The van der Waals surface area contributed by atoms with E-state index < -0.39 is 23.9 Å². The number of hydrogen-bond acceptors (Lipinski definition) is 5. The van der Waals surface area contributed by atoms with Crippen LogP contribution in [0.15, 0.2) is 18.2 Å². The average molecular weight is 294 g/mol. The largest absolute Gasteiger partial charge is 0.484 e. The van der Waals surface area contributed by atoms with Crippen LogP contribution in [0.3, 0.4) is 0 Å². The van der Waals surface area contributed by atoms with Crippen LogP contribution in [0, 0.1) is 0 Å². The molecule has 1 aliphatic rings. The molecule has 6 nitrogen and oxygen atoms in total. The molecule has 0 bridgehead atoms. The molecule has 0 fully saturated rings. The zero-order valence-corrected chi connectivity index (χ0v) is 12.8. The quantitative estimate of drug-likeness (QED) is 0.888. The first kappa shape index (κ1) is 15.4. The molecule has 0 saturated carbocycles. The van der Waals surface area contributed by atoms with E-state index in [-0.39, 0.29) is 0 Å². The summed E-state index contributed by atoms with van der Waals surface area (Å²) in [6, 6.07) is 5.57. The van der Waals surface area contributed by atoms with Gasteiger partial charge in [0.25, 0.3) is 0 Å². The predicted octanol–water partition coefficient (Wildman–Crippen LogP) is 1.81. The van der Waals surface area contributed by atoms with Crippen molar-refractivity contribution in [2.45, 2.75) is 38.6 Å². The Balaban J connectivity index is 2.46. The van der Waals surface area contributed by atoms with Crippen molar-refractivity contribution in [1.29, 1.82) is 0 Å². The van der Waals surface area contributed by atoms with Gasteiger partial charge in [0.05, 0.1) is 0 Å². The average Bonchev–Trinajstić information content (AvgIpc) is 2.41.